The molecule has 2 N–H and O–H groups in total. The third-order valence-electron chi connectivity index (χ3n) is 3.47. The summed E-state index contributed by atoms with van der Waals surface area (Å²) in [6.45, 7) is 1.14. The van der Waals surface area contributed by atoms with Gasteiger partial charge in [-0.25, -0.2) is 0 Å². The standard InChI is InChI=1S/C14H17N3/c1-17(9-10-2-3-10)14-5-4-13(15)12-8-16-7-6-11(12)14/h4-8,10H,2-3,9,15H2,1H3. The Kier molecular flexibility index (Phi) is 2.39. The minimum absolute atomic E-state index is 0.802. The average molecular weight is 227 g/mol. The largest absolute Gasteiger partial charge is 0.398 e. The van der Waals surface area contributed by atoms with Crippen LogP contribution in [0.5, 0.6) is 0 Å². The lowest BCUT2D eigenvalue weighted by Crippen LogP contribution is -2.20. The molecule has 17 heavy (non-hydrogen) atoms. The molecule has 1 saturated carbocycles. The van der Waals surface area contributed by atoms with Gasteiger partial charge in [-0.3, -0.25) is 4.98 Å². The van der Waals surface area contributed by atoms with E-state index in [-0.39, 0.29) is 0 Å². The lowest BCUT2D eigenvalue weighted by atomic mass is 10.1. The van der Waals surface area contributed by atoms with E-state index in [4.69, 9.17) is 5.73 Å². The van der Waals surface area contributed by atoms with E-state index in [1.165, 1.54) is 23.9 Å². The van der Waals surface area contributed by atoms with Gasteiger partial charge in [0.05, 0.1) is 0 Å². The third kappa shape index (κ3) is 1.93. The summed E-state index contributed by atoms with van der Waals surface area (Å²) in [5, 5.41) is 2.25. The van der Waals surface area contributed by atoms with Crippen molar-refractivity contribution in [1.82, 2.24) is 4.98 Å². The highest BCUT2D eigenvalue weighted by Gasteiger charge is 2.23. The molecule has 1 heterocycles. The number of hydrogen-bond donors (Lipinski definition) is 1. The Morgan fingerprint density at radius 2 is 2.12 bits per heavy atom. The van der Waals surface area contributed by atoms with Crippen molar-refractivity contribution < 1.29 is 0 Å². The fourth-order valence-corrected chi connectivity index (χ4v) is 2.32. The SMILES string of the molecule is CN(CC1CC1)c1ccc(N)c2cnccc12. The van der Waals surface area contributed by atoms with E-state index < -0.39 is 0 Å². The summed E-state index contributed by atoms with van der Waals surface area (Å²) in [5.41, 5.74) is 8.04. The quantitative estimate of drug-likeness (QED) is 0.820. The first-order valence-corrected chi connectivity index (χ1v) is 6.09. The lowest BCUT2D eigenvalue weighted by molar-refractivity contribution is 0.789. The van der Waals surface area contributed by atoms with Crippen LogP contribution in [-0.4, -0.2) is 18.6 Å². The van der Waals surface area contributed by atoms with E-state index in [0.717, 1.165) is 23.5 Å². The van der Waals surface area contributed by atoms with Crippen molar-refractivity contribution in [2.75, 3.05) is 24.2 Å². The first-order chi connectivity index (χ1) is 8.25. The van der Waals surface area contributed by atoms with Crippen LogP contribution >= 0.6 is 0 Å². The minimum atomic E-state index is 0.802. The second kappa shape index (κ2) is 3.91. The average Bonchev–Trinajstić information content (AvgIpc) is 3.14. The van der Waals surface area contributed by atoms with Crippen LogP contribution in [0.15, 0.2) is 30.6 Å². The maximum Gasteiger partial charge on any atom is 0.0446 e. The molecule has 0 saturated heterocycles. The summed E-state index contributed by atoms with van der Waals surface area (Å²) in [5.74, 6) is 0.884. The molecule has 0 atom stereocenters. The Hall–Kier alpha value is -1.77. The van der Waals surface area contributed by atoms with Crippen molar-refractivity contribution in [3.05, 3.63) is 30.6 Å². The fraction of sp³-hybridized carbons (Fsp3) is 0.357. The summed E-state index contributed by atoms with van der Waals surface area (Å²) >= 11 is 0. The van der Waals surface area contributed by atoms with Gasteiger partial charge in [-0.1, -0.05) is 0 Å². The van der Waals surface area contributed by atoms with Gasteiger partial charge in [-0.2, -0.15) is 0 Å². The van der Waals surface area contributed by atoms with Crippen LogP contribution in [-0.2, 0) is 0 Å². The van der Waals surface area contributed by atoms with Gasteiger partial charge in [0.15, 0.2) is 0 Å². The number of nitrogen functional groups attached to an aromatic ring is 1. The number of benzene rings is 1. The Morgan fingerprint density at radius 1 is 1.29 bits per heavy atom. The van der Waals surface area contributed by atoms with Crippen LogP contribution in [0.25, 0.3) is 10.8 Å². The number of hydrogen-bond acceptors (Lipinski definition) is 3. The maximum absolute atomic E-state index is 5.98. The molecule has 1 aliphatic carbocycles. The van der Waals surface area contributed by atoms with Crippen LogP contribution < -0.4 is 10.6 Å². The molecule has 1 fully saturated rings. The van der Waals surface area contributed by atoms with Crippen molar-refractivity contribution in [1.29, 1.82) is 0 Å². The van der Waals surface area contributed by atoms with E-state index in [1.54, 1.807) is 0 Å². The molecule has 2 aromatic rings. The molecule has 3 nitrogen and oxygen atoms in total. The smallest absolute Gasteiger partial charge is 0.0446 e. The Bertz CT molecular complexity index is 546. The second-order valence-electron chi connectivity index (χ2n) is 4.92. The van der Waals surface area contributed by atoms with Gasteiger partial charge in [0, 0.05) is 48.1 Å². The van der Waals surface area contributed by atoms with Gasteiger partial charge >= 0.3 is 0 Å². The molecule has 0 spiro atoms. The molecule has 0 unspecified atom stereocenters. The zero-order valence-corrected chi connectivity index (χ0v) is 10.1. The molecule has 0 aliphatic heterocycles. The highest BCUT2D eigenvalue weighted by molar-refractivity contribution is 6.00. The molecule has 0 amide bonds. The highest BCUT2D eigenvalue weighted by Crippen LogP contribution is 2.34. The van der Waals surface area contributed by atoms with Crippen LogP contribution in [0, 0.1) is 5.92 Å². The van der Waals surface area contributed by atoms with Gasteiger partial charge < -0.3 is 10.6 Å². The molecule has 3 rings (SSSR count). The second-order valence-corrected chi connectivity index (χ2v) is 4.92. The number of nitrogens with two attached hydrogens (primary N) is 1. The molecule has 3 heteroatoms. The van der Waals surface area contributed by atoms with Crippen molar-refractivity contribution in [2.24, 2.45) is 5.92 Å². The zero-order valence-electron chi connectivity index (χ0n) is 10.1. The number of aromatic nitrogens is 1. The van der Waals surface area contributed by atoms with Crippen LogP contribution in [0.2, 0.25) is 0 Å². The number of fused-ring (bicyclic) bond motifs is 1. The molecule has 88 valence electrons. The summed E-state index contributed by atoms with van der Waals surface area (Å²) in [6, 6.07) is 6.13. The van der Waals surface area contributed by atoms with Crippen molar-refractivity contribution >= 4 is 22.1 Å². The van der Waals surface area contributed by atoms with Crippen molar-refractivity contribution in [3.8, 4) is 0 Å². The monoisotopic (exact) mass is 227 g/mol. The molecule has 1 aromatic heterocycles. The van der Waals surface area contributed by atoms with Gasteiger partial charge in [0.2, 0.25) is 0 Å². The minimum Gasteiger partial charge on any atom is -0.398 e. The summed E-state index contributed by atoms with van der Waals surface area (Å²) in [4.78, 5) is 6.48. The molecule has 1 aliphatic rings. The number of nitrogens with zero attached hydrogens (tertiary/aromatic N) is 2. The van der Waals surface area contributed by atoms with E-state index in [1.807, 2.05) is 24.5 Å². The Morgan fingerprint density at radius 3 is 2.88 bits per heavy atom. The van der Waals surface area contributed by atoms with Crippen LogP contribution in [0.1, 0.15) is 12.8 Å². The normalized spacial score (nSPS) is 15.1. The van der Waals surface area contributed by atoms with E-state index in [0.29, 0.717) is 0 Å². The maximum atomic E-state index is 5.98. The molecule has 1 aromatic carbocycles. The third-order valence-corrected chi connectivity index (χ3v) is 3.47. The molecule has 0 radical (unpaired) electrons. The van der Waals surface area contributed by atoms with Gasteiger partial charge in [0.25, 0.3) is 0 Å². The highest BCUT2D eigenvalue weighted by atomic mass is 15.1. The molecule has 0 bridgehead atoms. The van der Waals surface area contributed by atoms with Crippen molar-refractivity contribution in [3.63, 3.8) is 0 Å². The van der Waals surface area contributed by atoms with Crippen LogP contribution in [0.3, 0.4) is 0 Å². The molecular formula is C14H17N3. The lowest BCUT2D eigenvalue weighted by Gasteiger charge is -2.21. The summed E-state index contributed by atoms with van der Waals surface area (Å²) in [6.07, 6.45) is 6.42. The number of anilines is 2. The van der Waals surface area contributed by atoms with Gasteiger partial charge in [-0.05, 0) is 37.0 Å². The first kappa shape index (κ1) is 10.4. The van der Waals surface area contributed by atoms with E-state index in [2.05, 4.69) is 23.0 Å². The topological polar surface area (TPSA) is 42.1 Å². The zero-order chi connectivity index (χ0) is 11.8. The van der Waals surface area contributed by atoms with Crippen molar-refractivity contribution in [2.45, 2.75) is 12.8 Å². The summed E-state index contributed by atoms with van der Waals surface area (Å²) < 4.78 is 0. The fourth-order valence-electron chi connectivity index (χ4n) is 2.32. The van der Waals surface area contributed by atoms with Gasteiger partial charge in [-0.15, -0.1) is 0 Å². The Balaban J connectivity index is 2.05. The van der Waals surface area contributed by atoms with E-state index in [9.17, 15) is 0 Å². The molecular weight excluding hydrogens is 210 g/mol. The van der Waals surface area contributed by atoms with Gasteiger partial charge in [0.1, 0.15) is 0 Å². The first-order valence-electron chi connectivity index (χ1n) is 6.09. The van der Waals surface area contributed by atoms with E-state index >= 15 is 0 Å². The predicted octanol–water partition coefficient (Wildman–Crippen LogP) is 2.66. The summed E-state index contributed by atoms with van der Waals surface area (Å²) in [7, 11) is 2.16. The number of pyridine rings is 1. The Labute approximate surface area is 101 Å². The number of rotatable bonds is 3. The van der Waals surface area contributed by atoms with Crippen LogP contribution in [0.4, 0.5) is 11.4 Å². The predicted molar refractivity (Wildman–Crippen MR) is 72.1 cm³/mol.